The summed E-state index contributed by atoms with van der Waals surface area (Å²) in [5, 5.41) is 7.04. The molecule has 0 saturated carbocycles. The van der Waals surface area contributed by atoms with E-state index in [4.69, 9.17) is 37.4 Å². The number of halogens is 2. The van der Waals surface area contributed by atoms with Gasteiger partial charge in [0.25, 0.3) is 11.8 Å². The van der Waals surface area contributed by atoms with Crippen LogP contribution in [0, 0.1) is 0 Å². The van der Waals surface area contributed by atoms with E-state index < -0.39 is 72.2 Å². The quantitative estimate of drug-likeness (QED) is 0.183. The average molecular weight is 763 g/mol. The van der Waals surface area contributed by atoms with Crippen LogP contribution in [0.2, 0.25) is 10.0 Å². The van der Waals surface area contributed by atoms with Crippen LogP contribution < -0.4 is 20.3 Å². The molecule has 4 aromatic carbocycles. The lowest BCUT2D eigenvalue weighted by molar-refractivity contribution is -0.156. The summed E-state index contributed by atoms with van der Waals surface area (Å²) in [6.45, 7) is 5.24. The van der Waals surface area contributed by atoms with Crippen molar-refractivity contribution in [3.8, 4) is 5.75 Å². The zero-order valence-corrected chi connectivity index (χ0v) is 30.8. The van der Waals surface area contributed by atoms with Gasteiger partial charge < -0.3 is 24.8 Å². The summed E-state index contributed by atoms with van der Waals surface area (Å²) in [7, 11) is 0. The van der Waals surface area contributed by atoms with Gasteiger partial charge in [-0.25, -0.2) is 4.79 Å². The molecular formula is C39H37Cl2N3O9. The molecule has 0 radical (unpaired) electrons. The molecule has 276 valence electrons. The zero-order valence-electron chi connectivity index (χ0n) is 29.3. The number of Topliss-reactive ketones (excluding diaryl/α,β-unsaturated/α-hetero) is 1. The lowest BCUT2D eigenvalue weighted by Gasteiger charge is -2.31. The Bertz CT molecular complexity index is 2060. The zero-order chi connectivity index (χ0) is 38.4. The number of carbonyl (C=O) groups excluding carboxylic acids is 6. The highest BCUT2D eigenvalue weighted by molar-refractivity contribution is 6.39. The van der Waals surface area contributed by atoms with Crippen LogP contribution in [0.5, 0.6) is 5.75 Å². The van der Waals surface area contributed by atoms with Gasteiger partial charge in [-0.05, 0) is 74.9 Å². The Labute approximate surface area is 315 Å². The van der Waals surface area contributed by atoms with E-state index >= 15 is 0 Å². The maximum absolute atomic E-state index is 14.2. The fourth-order valence-electron chi connectivity index (χ4n) is 5.59. The molecule has 3 unspecified atom stereocenters. The van der Waals surface area contributed by atoms with Crippen molar-refractivity contribution in [3.05, 3.63) is 106 Å². The van der Waals surface area contributed by atoms with Crippen molar-refractivity contribution in [2.45, 2.75) is 57.8 Å². The van der Waals surface area contributed by atoms with Gasteiger partial charge in [0.1, 0.15) is 36.1 Å². The number of para-hydroxylation sites is 2. The molecule has 0 bridgehead atoms. The Hall–Kier alpha value is -5.46. The third-order valence-corrected chi connectivity index (χ3v) is 8.79. The number of hydrogen-bond donors (Lipinski definition) is 2. The van der Waals surface area contributed by atoms with Gasteiger partial charge in [-0.1, -0.05) is 71.7 Å². The van der Waals surface area contributed by atoms with E-state index in [9.17, 15) is 28.8 Å². The topological polar surface area (TPSA) is 157 Å². The molecule has 1 heterocycles. The Morgan fingerprint density at radius 2 is 1.57 bits per heavy atom. The number of nitrogens with zero attached hydrogens (tertiary/aromatic N) is 1. The molecule has 3 atom stereocenters. The Balaban J connectivity index is 1.36. The average Bonchev–Trinajstić information content (AvgIpc) is 3.24. The minimum atomic E-state index is -1.54. The summed E-state index contributed by atoms with van der Waals surface area (Å²) >= 11 is 12.2. The van der Waals surface area contributed by atoms with Gasteiger partial charge in [-0.2, -0.15) is 0 Å². The summed E-state index contributed by atoms with van der Waals surface area (Å²) in [6.07, 6.45) is -0.614. The molecule has 0 saturated heterocycles. The Morgan fingerprint density at radius 1 is 0.906 bits per heavy atom. The first-order valence-corrected chi connectivity index (χ1v) is 17.4. The van der Waals surface area contributed by atoms with E-state index in [1.54, 1.807) is 63.2 Å². The molecule has 0 aromatic heterocycles. The lowest BCUT2D eigenvalue weighted by atomic mass is 10.1. The van der Waals surface area contributed by atoms with Gasteiger partial charge >= 0.3 is 11.9 Å². The van der Waals surface area contributed by atoms with Crippen molar-refractivity contribution in [1.29, 1.82) is 0 Å². The number of benzene rings is 4. The van der Waals surface area contributed by atoms with E-state index in [-0.39, 0.29) is 33.7 Å². The lowest BCUT2D eigenvalue weighted by Crippen LogP contribution is -2.57. The molecule has 53 heavy (non-hydrogen) atoms. The van der Waals surface area contributed by atoms with Gasteiger partial charge in [0, 0.05) is 5.56 Å². The number of fused-ring (bicyclic) bond motifs is 2. The van der Waals surface area contributed by atoms with E-state index in [2.05, 4.69) is 10.6 Å². The van der Waals surface area contributed by atoms with Gasteiger partial charge in [-0.3, -0.25) is 28.9 Å². The number of esters is 2. The van der Waals surface area contributed by atoms with Crippen molar-refractivity contribution in [2.24, 2.45) is 0 Å². The largest absolute Gasteiger partial charge is 0.489 e. The van der Waals surface area contributed by atoms with Crippen LogP contribution in [0.3, 0.4) is 0 Å². The maximum atomic E-state index is 14.2. The van der Waals surface area contributed by atoms with Crippen LogP contribution in [-0.4, -0.2) is 72.4 Å². The molecule has 1 aliphatic heterocycles. The number of hydrogen-bond acceptors (Lipinski definition) is 9. The Kier molecular flexibility index (Phi) is 12.0. The van der Waals surface area contributed by atoms with E-state index in [1.807, 2.05) is 24.3 Å². The van der Waals surface area contributed by atoms with Crippen molar-refractivity contribution < 1.29 is 43.0 Å². The number of nitrogens with one attached hydrogen (secondary N) is 2. The highest BCUT2D eigenvalue weighted by Gasteiger charge is 2.39. The van der Waals surface area contributed by atoms with Crippen molar-refractivity contribution in [1.82, 2.24) is 10.6 Å². The summed E-state index contributed by atoms with van der Waals surface area (Å²) in [5.74, 6) is -4.41. The molecule has 0 aliphatic carbocycles. The SMILES string of the molecule is CC(C(=O)NC(CC(=O)OC(C)(C)C)C(=O)COC(=O)c1c(Cl)cccc1Cl)N1C(=O)C(NC(=O)c2ccc3ccccc3c2)COc2ccccc21. The van der Waals surface area contributed by atoms with Crippen molar-refractivity contribution in [3.63, 3.8) is 0 Å². The summed E-state index contributed by atoms with van der Waals surface area (Å²) in [4.78, 5) is 81.8. The van der Waals surface area contributed by atoms with Crippen LogP contribution in [0.4, 0.5) is 5.69 Å². The minimum Gasteiger partial charge on any atom is -0.489 e. The monoisotopic (exact) mass is 761 g/mol. The second-order valence-electron chi connectivity index (χ2n) is 13.2. The molecule has 3 amide bonds. The summed E-state index contributed by atoms with van der Waals surface area (Å²) in [6, 6.07) is 19.5. The number of carbonyl (C=O) groups is 6. The molecule has 0 spiro atoms. The molecule has 12 nitrogen and oxygen atoms in total. The van der Waals surface area contributed by atoms with Gasteiger partial charge in [0.05, 0.1) is 27.7 Å². The molecule has 1 aliphatic rings. The fraction of sp³-hybridized carbons (Fsp3) is 0.282. The summed E-state index contributed by atoms with van der Waals surface area (Å²) < 4.78 is 16.5. The first-order valence-electron chi connectivity index (χ1n) is 16.6. The van der Waals surface area contributed by atoms with Gasteiger partial charge in [-0.15, -0.1) is 0 Å². The molecule has 2 N–H and O–H groups in total. The number of ether oxygens (including phenoxy) is 3. The van der Waals surface area contributed by atoms with Crippen molar-refractivity contribution in [2.75, 3.05) is 18.1 Å². The normalized spacial score (nSPS) is 15.2. The first kappa shape index (κ1) is 38.8. The number of rotatable bonds is 11. The van der Waals surface area contributed by atoms with E-state index in [0.717, 1.165) is 15.7 Å². The Morgan fingerprint density at radius 3 is 2.26 bits per heavy atom. The second kappa shape index (κ2) is 16.5. The molecule has 5 rings (SSSR count). The van der Waals surface area contributed by atoms with Crippen LogP contribution in [0.15, 0.2) is 84.9 Å². The first-order chi connectivity index (χ1) is 25.1. The van der Waals surface area contributed by atoms with Crippen LogP contribution >= 0.6 is 23.2 Å². The minimum absolute atomic E-state index is 0.000478. The smallest absolute Gasteiger partial charge is 0.341 e. The van der Waals surface area contributed by atoms with Gasteiger partial charge in [0.15, 0.2) is 12.4 Å². The molecule has 14 heteroatoms. The molecular weight excluding hydrogens is 725 g/mol. The van der Waals surface area contributed by atoms with E-state index in [0.29, 0.717) is 5.56 Å². The van der Waals surface area contributed by atoms with Crippen molar-refractivity contribution >= 4 is 75.1 Å². The predicted molar refractivity (Wildman–Crippen MR) is 198 cm³/mol. The fourth-order valence-corrected chi connectivity index (χ4v) is 6.14. The highest BCUT2D eigenvalue weighted by atomic mass is 35.5. The third kappa shape index (κ3) is 9.51. The van der Waals surface area contributed by atoms with Crippen LogP contribution in [-0.2, 0) is 28.7 Å². The maximum Gasteiger partial charge on any atom is 0.341 e. The summed E-state index contributed by atoms with van der Waals surface area (Å²) in [5.41, 5.74) is -0.517. The third-order valence-electron chi connectivity index (χ3n) is 8.16. The molecule has 0 fully saturated rings. The number of anilines is 1. The number of amides is 3. The van der Waals surface area contributed by atoms with E-state index in [1.165, 1.54) is 25.1 Å². The van der Waals surface area contributed by atoms with Crippen LogP contribution in [0.25, 0.3) is 10.8 Å². The predicted octanol–water partition coefficient (Wildman–Crippen LogP) is 5.70. The highest BCUT2D eigenvalue weighted by Crippen LogP contribution is 2.33. The van der Waals surface area contributed by atoms with Crippen LogP contribution in [0.1, 0.15) is 54.8 Å². The number of ketones is 1. The van der Waals surface area contributed by atoms with Gasteiger partial charge in [0.2, 0.25) is 5.91 Å². The standard InChI is InChI=1S/C39H37Cl2N3O9/c1-22(35(47)42-28(19-33(46)53-39(2,3)4)31(45)21-52-38(50)34-26(40)12-9-13-27(34)41)44-30-14-7-8-15-32(30)51-20-29(37(44)49)43-36(48)25-17-16-23-10-5-6-11-24(23)18-25/h5-18,22,28-29H,19-21H2,1-4H3,(H,42,47)(H,43,48). The molecule has 4 aromatic rings. The second-order valence-corrected chi connectivity index (χ2v) is 14.1.